The van der Waals surface area contributed by atoms with E-state index in [1.165, 1.54) is 12.1 Å². The van der Waals surface area contributed by atoms with Crippen molar-refractivity contribution in [3.63, 3.8) is 0 Å². The molecule has 0 saturated heterocycles. The van der Waals surface area contributed by atoms with Gasteiger partial charge in [0.2, 0.25) is 0 Å². The Hall–Kier alpha value is -1.67. The fourth-order valence-electron chi connectivity index (χ4n) is 2.29. The molecule has 0 aliphatic heterocycles. The van der Waals surface area contributed by atoms with Crippen molar-refractivity contribution in [2.75, 3.05) is 0 Å². The van der Waals surface area contributed by atoms with Gasteiger partial charge in [0.25, 0.3) is 0 Å². The Morgan fingerprint density at radius 3 is 2.11 bits per heavy atom. The Morgan fingerprint density at radius 2 is 1.58 bits per heavy atom. The molecule has 0 N–H and O–H groups in total. The molecule has 0 aliphatic carbocycles. The Balaban J connectivity index is 2.56. The summed E-state index contributed by atoms with van der Waals surface area (Å²) in [5.41, 5.74) is 3.28. The van der Waals surface area contributed by atoms with Gasteiger partial charge in [-0.3, -0.25) is 4.79 Å². The zero-order chi connectivity index (χ0) is 14.2. The molecule has 0 bridgehead atoms. The highest BCUT2D eigenvalue weighted by molar-refractivity contribution is 6.30. The second kappa shape index (κ2) is 5.14. The highest BCUT2D eigenvalue weighted by Crippen LogP contribution is 2.23. The van der Waals surface area contributed by atoms with Crippen LogP contribution in [0.15, 0.2) is 30.3 Å². The first-order valence-electron chi connectivity index (χ1n) is 5.97. The van der Waals surface area contributed by atoms with Crippen LogP contribution in [0.25, 0.3) is 0 Å². The lowest BCUT2D eigenvalue weighted by atomic mass is 9.92. The van der Waals surface area contributed by atoms with Crippen molar-refractivity contribution in [1.29, 1.82) is 0 Å². The quantitative estimate of drug-likeness (QED) is 0.731. The third-order valence-corrected chi connectivity index (χ3v) is 3.39. The van der Waals surface area contributed by atoms with Crippen molar-refractivity contribution >= 4 is 17.4 Å². The SMILES string of the molecule is Cc1cc(Cl)ccc1C(=O)c1c(C)cc(F)cc1C. The van der Waals surface area contributed by atoms with Gasteiger partial charge in [-0.25, -0.2) is 4.39 Å². The molecule has 2 aromatic carbocycles. The predicted octanol–water partition coefficient (Wildman–Crippen LogP) is 4.64. The number of hydrogen-bond donors (Lipinski definition) is 0. The molecule has 0 unspecified atom stereocenters. The van der Waals surface area contributed by atoms with Crippen LogP contribution in [0.3, 0.4) is 0 Å². The summed E-state index contributed by atoms with van der Waals surface area (Å²) >= 11 is 5.89. The van der Waals surface area contributed by atoms with Gasteiger partial charge in [0.15, 0.2) is 5.78 Å². The lowest BCUT2D eigenvalue weighted by molar-refractivity contribution is 0.103. The molecule has 0 heterocycles. The molecule has 0 amide bonds. The van der Waals surface area contributed by atoms with Gasteiger partial charge >= 0.3 is 0 Å². The van der Waals surface area contributed by atoms with E-state index in [4.69, 9.17) is 11.6 Å². The molecule has 3 heteroatoms. The summed E-state index contributed by atoms with van der Waals surface area (Å²) < 4.78 is 13.3. The summed E-state index contributed by atoms with van der Waals surface area (Å²) in [6.45, 7) is 5.33. The van der Waals surface area contributed by atoms with Crippen LogP contribution >= 0.6 is 11.6 Å². The second-order valence-corrected chi connectivity index (χ2v) is 5.14. The smallest absolute Gasteiger partial charge is 0.193 e. The Labute approximate surface area is 117 Å². The van der Waals surface area contributed by atoms with Gasteiger partial charge in [-0.15, -0.1) is 0 Å². The van der Waals surface area contributed by atoms with Gasteiger partial charge in [0, 0.05) is 16.1 Å². The van der Waals surface area contributed by atoms with Crippen molar-refractivity contribution in [2.24, 2.45) is 0 Å². The number of aryl methyl sites for hydroxylation is 3. The summed E-state index contributed by atoms with van der Waals surface area (Å²) in [7, 11) is 0. The maximum absolute atomic E-state index is 13.3. The Bertz CT molecular complexity index is 639. The number of ketones is 1. The van der Waals surface area contributed by atoms with E-state index in [0.717, 1.165) is 5.56 Å². The van der Waals surface area contributed by atoms with Gasteiger partial charge in [-0.1, -0.05) is 11.6 Å². The Kier molecular flexibility index (Phi) is 3.72. The first-order chi connectivity index (χ1) is 8.90. The standard InChI is InChI=1S/C16H14ClFO/c1-9-6-12(17)4-5-14(9)16(19)15-10(2)7-13(18)8-11(15)3/h4-8H,1-3H3. The Morgan fingerprint density at radius 1 is 1.00 bits per heavy atom. The molecular weight excluding hydrogens is 263 g/mol. The van der Waals surface area contributed by atoms with Crippen LogP contribution in [0.1, 0.15) is 32.6 Å². The van der Waals surface area contributed by atoms with E-state index in [-0.39, 0.29) is 11.6 Å². The molecule has 0 atom stereocenters. The van der Waals surface area contributed by atoms with E-state index in [0.29, 0.717) is 27.3 Å². The largest absolute Gasteiger partial charge is 0.289 e. The monoisotopic (exact) mass is 276 g/mol. The summed E-state index contributed by atoms with van der Waals surface area (Å²) in [6, 6.07) is 7.91. The van der Waals surface area contributed by atoms with Crippen molar-refractivity contribution < 1.29 is 9.18 Å². The van der Waals surface area contributed by atoms with Crippen LogP contribution in [0.5, 0.6) is 0 Å². The van der Waals surface area contributed by atoms with Gasteiger partial charge in [0.1, 0.15) is 5.82 Å². The van der Waals surface area contributed by atoms with E-state index in [1.54, 1.807) is 32.0 Å². The topological polar surface area (TPSA) is 17.1 Å². The van der Waals surface area contributed by atoms with E-state index in [9.17, 15) is 9.18 Å². The maximum Gasteiger partial charge on any atom is 0.193 e. The summed E-state index contributed by atoms with van der Waals surface area (Å²) in [5, 5.41) is 0.599. The fraction of sp³-hybridized carbons (Fsp3) is 0.188. The predicted molar refractivity (Wildman–Crippen MR) is 75.5 cm³/mol. The molecule has 0 aromatic heterocycles. The van der Waals surface area contributed by atoms with Crippen molar-refractivity contribution in [3.8, 4) is 0 Å². The molecular formula is C16H14ClFO. The average molecular weight is 277 g/mol. The lowest BCUT2D eigenvalue weighted by Crippen LogP contribution is -2.08. The van der Waals surface area contributed by atoms with E-state index in [2.05, 4.69) is 0 Å². The maximum atomic E-state index is 13.3. The van der Waals surface area contributed by atoms with Crippen LogP contribution in [-0.2, 0) is 0 Å². The first kappa shape index (κ1) is 13.8. The minimum absolute atomic E-state index is 0.0934. The molecule has 19 heavy (non-hydrogen) atoms. The molecule has 0 saturated carbocycles. The van der Waals surface area contributed by atoms with E-state index < -0.39 is 0 Å². The molecule has 98 valence electrons. The molecule has 2 aromatic rings. The molecule has 0 radical (unpaired) electrons. The van der Waals surface area contributed by atoms with Crippen molar-refractivity contribution in [3.05, 3.63) is 69.0 Å². The van der Waals surface area contributed by atoms with Crippen molar-refractivity contribution in [2.45, 2.75) is 20.8 Å². The van der Waals surface area contributed by atoms with Gasteiger partial charge < -0.3 is 0 Å². The third kappa shape index (κ3) is 2.69. The third-order valence-electron chi connectivity index (χ3n) is 3.16. The molecule has 0 fully saturated rings. The van der Waals surface area contributed by atoms with Crippen LogP contribution in [-0.4, -0.2) is 5.78 Å². The van der Waals surface area contributed by atoms with E-state index in [1.807, 2.05) is 6.92 Å². The fourth-order valence-corrected chi connectivity index (χ4v) is 2.51. The minimum atomic E-state index is -0.320. The zero-order valence-corrected chi connectivity index (χ0v) is 11.8. The van der Waals surface area contributed by atoms with E-state index >= 15 is 0 Å². The summed E-state index contributed by atoms with van der Waals surface area (Å²) in [5.74, 6) is -0.413. The van der Waals surface area contributed by atoms with Crippen LogP contribution in [0, 0.1) is 26.6 Å². The molecule has 0 spiro atoms. The second-order valence-electron chi connectivity index (χ2n) is 4.70. The normalized spacial score (nSPS) is 10.6. The first-order valence-corrected chi connectivity index (χ1v) is 6.35. The van der Waals surface area contributed by atoms with Gasteiger partial charge in [-0.05, 0) is 67.8 Å². The lowest BCUT2D eigenvalue weighted by Gasteiger charge is -2.11. The van der Waals surface area contributed by atoms with Crippen LogP contribution < -0.4 is 0 Å². The number of hydrogen-bond acceptors (Lipinski definition) is 1. The number of carbonyl (C=O) groups is 1. The summed E-state index contributed by atoms with van der Waals surface area (Å²) in [6.07, 6.45) is 0. The number of rotatable bonds is 2. The average Bonchev–Trinajstić information content (AvgIpc) is 2.26. The van der Waals surface area contributed by atoms with Gasteiger partial charge in [0.05, 0.1) is 0 Å². The van der Waals surface area contributed by atoms with Crippen LogP contribution in [0.2, 0.25) is 5.02 Å². The highest BCUT2D eigenvalue weighted by atomic mass is 35.5. The zero-order valence-electron chi connectivity index (χ0n) is 11.1. The molecule has 0 aliphatic rings. The number of benzene rings is 2. The number of halogens is 2. The number of carbonyl (C=O) groups excluding carboxylic acids is 1. The molecule has 1 nitrogen and oxygen atoms in total. The highest BCUT2D eigenvalue weighted by Gasteiger charge is 2.17. The minimum Gasteiger partial charge on any atom is -0.289 e. The van der Waals surface area contributed by atoms with Gasteiger partial charge in [-0.2, -0.15) is 0 Å². The molecule has 2 rings (SSSR count). The summed E-state index contributed by atoms with van der Waals surface area (Å²) in [4.78, 5) is 12.6. The van der Waals surface area contributed by atoms with Crippen LogP contribution in [0.4, 0.5) is 4.39 Å². The van der Waals surface area contributed by atoms with Crippen molar-refractivity contribution in [1.82, 2.24) is 0 Å².